The fourth-order valence-electron chi connectivity index (χ4n) is 3.02. The lowest BCUT2D eigenvalue weighted by molar-refractivity contribution is 0.0962. The maximum atomic E-state index is 12.8. The number of fused-ring (bicyclic) bond motifs is 1. The third kappa shape index (κ3) is 3.13. The highest BCUT2D eigenvalue weighted by atomic mass is 32.1. The maximum absolute atomic E-state index is 12.8. The van der Waals surface area contributed by atoms with Gasteiger partial charge in [0.15, 0.2) is 5.78 Å². The second kappa shape index (κ2) is 6.78. The molecule has 1 heterocycles. The summed E-state index contributed by atoms with van der Waals surface area (Å²) in [4.78, 5) is 37.6. The average molecular weight is 373 g/mol. The summed E-state index contributed by atoms with van der Waals surface area (Å²) in [7, 11) is 0. The van der Waals surface area contributed by atoms with Crippen LogP contribution in [0.5, 0.6) is 0 Å². The van der Waals surface area contributed by atoms with Crippen LogP contribution in [0.15, 0.2) is 77.6 Å². The summed E-state index contributed by atoms with van der Waals surface area (Å²) in [5.74, 6) is -0.480. The van der Waals surface area contributed by atoms with Crippen LogP contribution in [0.2, 0.25) is 0 Å². The number of nitrogens with zero attached hydrogens (tertiary/aromatic N) is 1. The molecule has 5 heteroatoms. The molecule has 132 valence electrons. The van der Waals surface area contributed by atoms with E-state index in [4.69, 9.17) is 0 Å². The number of aryl methyl sites for hydroxylation is 1. The lowest BCUT2D eigenvalue weighted by Gasteiger charge is -2.05. The van der Waals surface area contributed by atoms with Gasteiger partial charge in [0.25, 0.3) is 5.91 Å². The Hall–Kier alpha value is -3.31. The Morgan fingerprint density at radius 1 is 0.815 bits per heavy atom. The number of carbonyl (C=O) groups excluding carboxylic acids is 2. The quantitative estimate of drug-likeness (QED) is 0.503. The van der Waals surface area contributed by atoms with Gasteiger partial charge < -0.3 is 0 Å². The van der Waals surface area contributed by atoms with Gasteiger partial charge in [0, 0.05) is 16.7 Å². The van der Waals surface area contributed by atoms with Crippen molar-refractivity contribution in [3.8, 4) is 0 Å². The molecule has 0 spiro atoms. The van der Waals surface area contributed by atoms with Crippen LogP contribution < -0.4 is 4.87 Å². The lowest BCUT2D eigenvalue weighted by atomic mass is 10.0. The van der Waals surface area contributed by atoms with Gasteiger partial charge in [-0.1, -0.05) is 59.4 Å². The van der Waals surface area contributed by atoms with E-state index in [-0.39, 0.29) is 16.6 Å². The summed E-state index contributed by atoms with van der Waals surface area (Å²) in [6, 6.07) is 21.1. The molecule has 0 aliphatic heterocycles. The van der Waals surface area contributed by atoms with Gasteiger partial charge >= 0.3 is 4.87 Å². The van der Waals surface area contributed by atoms with Gasteiger partial charge in [-0.05, 0) is 37.3 Å². The summed E-state index contributed by atoms with van der Waals surface area (Å²) < 4.78 is 1.79. The molecular weight excluding hydrogens is 358 g/mol. The molecule has 0 radical (unpaired) electrons. The maximum Gasteiger partial charge on any atom is 0.315 e. The zero-order valence-corrected chi connectivity index (χ0v) is 15.3. The molecule has 0 saturated heterocycles. The summed E-state index contributed by atoms with van der Waals surface area (Å²) in [5, 5.41) is 0. The number of benzene rings is 3. The number of hydrogen-bond acceptors (Lipinski definition) is 4. The van der Waals surface area contributed by atoms with E-state index in [9.17, 15) is 14.4 Å². The highest BCUT2D eigenvalue weighted by molar-refractivity contribution is 7.16. The van der Waals surface area contributed by atoms with Crippen LogP contribution in [0.3, 0.4) is 0 Å². The van der Waals surface area contributed by atoms with Crippen molar-refractivity contribution in [3.63, 3.8) is 0 Å². The molecule has 1 aromatic heterocycles. The smallest absolute Gasteiger partial charge is 0.289 e. The van der Waals surface area contributed by atoms with Crippen LogP contribution in [-0.4, -0.2) is 16.3 Å². The van der Waals surface area contributed by atoms with E-state index in [2.05, 4.69) is 0 Å². The Labute approximate surface area is 159 Å². The van der Waals surface area contributed by atoms with E-state index < -0.39 is 0 Å². The molecule has 4 nitrogen and oxygen atoms in total. The molecule has 0 aliphatic carbocycles. The minimum absolute atomic E-state index is 0.116. The first-order valence-corrected chi connectivity index (χ1v) is 9.23. The Kier molecular flexibility index (Phi) is 4.30. The van der Waals surface area contributed by atoms with Gasteiger partial charge in [0.1, 0.15) is 0 Å². The first-order valence-electron chi connectivity index (χ1n) is 8.41. The molecule has 27 heavy (non-hydrogen) atoms. The molecule has 4 rings (SSSR count). The summed E-state index contributed by atoms with van der Waals surface area (Å²) in [5.41, 5.74) is 3.00. The molecule has 0 atom stereocenters. The van der Waals surface area contributed by atoms with Crippen LogP contribution in [0.1, 0.15) is 31.8 Å². The standard InChI is InChI=1S/C22H15NO3S/c1-14-6-5-9-17(12-14)21(25)23-18-11-10-16(13-19(18)27-22(23)26)20(24)15-7-3-2-4-8-15/h2-13H,1H3. The van der Waals surface area contributed by atoms with Crippen molar-refractivity contribution in [3.05, 3.63) is 105 Å². The van der Waals surface area contributed by atoms with E-state index in [1.54, 1.807) is 60.7 Å². The van der Waals surface area contributed by atoms with Gasteiger partial charge in [-0.2, -0.15) is 0 Å². The summed E-state index contributed by atoms with van der Waals surface area (Å²) in [6.45, 7) is 1.90. The van der Waals surface area contributed by atoms with E-state index >= 15 is 0 Å². The first-order chi connectivity index (χ1) is 13.0. The van der Waals surface area contributed by atoms with Crippen molar-refractivity contribution in [1.29, 1.82) is 0 Å². The average Bonchev–Trinajstić information content (AvgIpc) is 3.02. The zero-order chi connectivity index (χ0) is 19.0. The minimum Gasteiger partial charge on any atom is -0.289 e. The molecule has 0 aliphatic rings. The SMILES string of the molecule is Cc1cccc(C(=O)n2c(=O)sc3cc(C(=O)c4ccccc4)ccc32)c1. The lowest BCUT2D eigenvalue weighted by Crippen LogP contribution is -2.22. The van der Waals surface area contributed by atoms with E-state index in [1.165, 1.54) is 4.57 Å². The number of carbonyl (C=O) groups is 2. The number of thiazole rings is 1. The van der Waals surface area contributed by atoms with Gasteiger partial charge in [-0.15, -0.1) is 0 Å². The van der Waals surface area contributed by atoms with Crippen LogP contribution in [-0.2, 0) is 0 Å². The van der Waals surface area contributed by atoms with Crippen molar-refractivity contribution in [2.45, 2.75) is 6.92 Å². The topological polar surface area (TPSA) is 56.1 Å². The molecule has 3 aromatic carbocycles. The molecular formula is C22H15NO3S. The Morgan fingerprint density at radius 2 is 1.56 bits per heavy atom. The van der Waals surface area contributed by atoms with Crippen molar-refractivity contribution in [1.82, 2.24) is 4.57 Å². The van der Waals surface area contributed by atoms with Crippen LogP contribution >= 0.6 is 11.3 Å². The molecule has 0 N–H and O–H groups in total. The third-order valence-electron chi connectivity index (χ3n) is 4.35. The highest BCUT2D eigenvalue weighted by Gasteiger charge is 2.18. The number of rotatable bonds is 3. The predicted octanol–water partition coefficient (Wildman–Crippen LogP) is 4.29. The number of hydrogen-bond donors (Lipinski definition) is 0. The number of ketones is 1. The molecule has 0 unspecified atom stereocenters. The molecule has 0 saturated carbocycles. The first kappa shape index (κ1) is 17.1. The van der Waals surface area contributed by atoms with Crippen LogP contribution in [0.4, 0.5) is 0 Å². The third-order valence-corrected chi connectivity index (χ3v) is 5.25. The van der Waals surface area contributed by atoms with Crippen molar-refractivity contribution in [2.75, 3.05) is 0 Å². The number of aromatic nitrogens is 1. The van der Waals surface area contributed by atoms with Gasteiger partial charge in [-0.25, -0.2) is 4.57 Å². The molecule has 0 amide bonds. The van der Waals surface area contributed by atoms with Crippen LogP contribution in [0.25, 0.3) is 10.2 Å². The zero-order valence-electron chi connectivity index (χ0n) is 14.5. The van der Waals surface area contributed by atoms with Gasteiger partial charge in [-0.3, -0.25) is 14.4 Å². The molecule has 0 bridgehead atoms. The second-order valence-corrected chi connectivity index (χ2v) is 7.25. The van der Waals surface area contributed by atoms with Crippen LogP contribution in [0, 0.1) is 6.92 Å². The molecule has 0 fully saturated rings. The van der Waals surface area contributed by atoms with E-state index in [1.807, 2.05) is 19.1 Å². The fraction of sp³-hybridized carbons (Fsp3) is 0.0455. The minimum atomic E-state index is -0.364. The second-order valence-electron chi connectivity index (χ2n) is 6.26. The highest BCUT2D eigenvalue weighted by Crippen LogP contribution is 2.22. The molecule has 4 aromatic rings. The Bertz CT molecular complexity index is 1240. The Balaban J connectivity index is 1.79. The Morgan fingerprint density at radius 3 is 2.30 bits per heavy atom. The summed E-state index contributed by atoms with van der Waals surface area (Å²) in [6.07, 6.45) is 0. The predicted molar refractivity (Wildman–Crippen MR) is 107 cm³/mol. The van der Waals surface area contributed by atoms with Gasteiger partial charge in [0.2, 0.25) is 0 Å². The normalized spacial score (nSPS) is 10.9. The van der Waals surface area contributed by atoms with Crippen molar-refractivity contribution >= 4 is 33.2 Å². The van der Waals surface area contributed by atoms with Crippen molar-refractivity contribution < 1.29 is 9.59 Å². The largest absolute Gasteiger partial charge is 0.315 e. The van der Waals surface area contributed by atoms with E-state index in [0.717, 1.165) is 16.9 Å². The fourth-order valence-corrected chi connectivity index (χ4v) is 3.93. The van der Waals surface area contributed by atoms with Crippen molar-refractivity contribution in [2.24, 2.45) is 0 Å². The van der Waals surface area contributed by atoms with Gasteiger partial charge in [0.05, 0.1) is 10.2 Å². The van der Waals surface area contributed by atoms with E-state index in [0.29, 0.717) is 26.9 Å². The monoisotopic (exact) mass is 373 g/mol. The summed E-state index contributed by atoms with van der Waals surface area (Å²) >= 11 is 0.967.